The van der Waals surface area contributed by atoms with Crippen molar-refractivity contribution in [3.63, 3.8) is 0 Å². The Hall–Kier alpha value is -1.36. The Morgan fingerprint density at radius 3 is 2.60 bits per heavy atom. The van der Waals surface area contributed by atoms with Gasteiger partial charge in [-0.3, -0.25) is 0 Å². The molecule has 0 bridgehead atoms. The lowest BCUT2D eigenvalue weighted by Gasteiger charge is -2.10. The number of rotatable bonds is 2. The first kappa shape index (κ1) is 11.7. The SMILES string of the molecule is COC(=O)c1c(C(F)F)ccc(Cl)c1N. The summed E-state index contributed by atoms with van der Waals surface area (Å²) < 4.78 is 29.4. The van der Waals surface area contributed by atoms with E-state index in [9.17, 15) is 13.6 Å². The summed E-state index contributed by atoms with van der Waals surface area (Å²) in [5.41, 5.74) is 4.38. The summed E-state index contributed by atoms with van der Waals surface area (Å²) in [4.78, 5) is 11.2. The Morgan fingerprint density at radius 2 is 2.13 bits per heavy atom. The van der Waals surface area contributed by atoms with Crippen LogP contribution < -0.4 is 5.73 Å². The zero-order chi connectivity index (χ0) is 11.6. The van der Waals surface area contributed by atoms with Crippen LogP contribution >= 0.6 is 11.6 Å². The molecule has 0 aliphatic rings. The van der Waals surface area contributed by atoms with Crippen LogP contribution in [-0.4, -0.2) is 13.1 Å². The summed E-state index contributed by atoms with van der Waals surface area (Å²) in [7, 11) is 1.08. The van der Waals surface area contributed by atoms with Crippen molar-refractivity contribution in [3.05, 3.63) is 28.3 Å². The molecule has 0 atom stereocenters. The second kappa shape index (κ2) is 4.44. The summed E-state index contributed by atoms with van der Waals surface area (Å²) >= 11 is 5.61. The Bertz CT molecular complexity index is 396. The fourth-order valence-corrected chi connectivity index (χ4v) is 1.28. The molecular weight excluding hydrogens is 228 g/mol. The first-order chi connectivity index (χ1) is 6.99. The molecule has 6 heteroatoms. The van der Waals surface area contributed by atoms with E-state index >= 15 is 0 Å². The van der Waals surface area contributed by atoms with Gasteiger partial charge in [-0.1, -0.05) is 17.7 Å². The lowest BCUT2D eigenvalue weighted by Crippen LogP contribution is -2.10. The first-order valence-electron chi connectivity index (χ1n) is 3.93. The number of nitrogen functional groups attached to an aromatic ring is 1. The number of carbonyl (C=O) groups excluding carboxylic acids is 1. The Balaban J connectivity index is 3.41. The molecule has 1 aromatic carbocycles. The van der Waals surface area contributed by atoms with Gasteiger partial charge in [-0.2, -0.15) is 0 Å². The molecule has 1 rings (SSSR count). The van der Waals surface area contributed by atoms with Gasteiger partial charge in [0.15, 0.2) is 0 Å². The van der Waals surface area contributed by atoms with Gasteiger partial charge in [-0.05, 0) is 6.07 Å². The van der Waals surface area contributed by atoms with E-state index in [-0.39, 0.29) is 16.3 Å². The van der Waals surface area contributed by atoms with E-state index in [1.54, 1.807) is 0 Å². The van der Waals surface area contributed by atoms with E-state index < -0.39 is 18.0 Å². The monoisotopic (exact) mass is 235 g/mol. The minimum Gasteiger partial charge on any atom is -0.465 e. The van der Waals surface area contributed by atoms with Crippen molar-refractivity contribution in [3.8, 4) is 0 Å². The van der Waals surface area contributed by atoms with Gasteiger partial charge in [-0.15, -0.1) is 0 Å². The maximum Gasteiger partial charge on any atom is 0.340 e. The summed E-state index contributed by atoms with van der Waals surface area (Å²) in [5.74, 6) is -0.926. The number of esters is 1. The molecule has 0 radical (unpaired) electrons. The van der Waals surface area contributed by atoms with Crippen LogP contribution in [0.2, 0.25) is 5.02 Å². The number of hydrogen-bond acceptors (Lipinski definition) is 3. The van der Waals surface area contributed by atoms with Crippen molar-refractivity contribution in [1.29, 1.82) is 0 Å². The molecule has 0 amide bonds. The third kappa shape index (κ3) is 2.18. The molecule has 0 aliphatic heterocycles. The number of halogens is 3. The van der Waals surface area contributed by atoms with Crippen molar-refractivity contribution >= 4 is 23.3 Å². The Kier molecular flexibility index (Phi) is 3.47. The Labute approximate surface area is 89.8 Å². The highest BCUT2D eigenvalue weighted by Crippen LogP contribution is 2.32. The fraction of sp³-hybridized carbons (Fsp3) is 0.222. The molecule has 0 saturated carbocycles. The molecule has 0 aliphatic carbocycles. The zero-order valence-corrected chi connectivity index (χ0v) is 8.52. The maximum atomic E-state index is 12.5. The molecule has 0 heterocycles. The van der Waals surface area contributed by atoms with Crippen molar-refractivity contribution in [1.82, 2.24) is 0 Å². The number of alkyl halides is 2. The number of ether oxygens (including phenoxy) is 1. The first-order valence-corrected chi connectivity index (χ1v) is 4.31. The van der Waals surface area contributed by atoms with Gasteiger partial charge in [-0.25, -0.2) is 13.6 Å². The van der Waals surface area contributed by atoms with Crippen LogP contribution in [0.5, 0.6) is 0 Å². The van der Waals surface area contributed by atoms with Crippen molar-refractivity contribution < 1.29 is 18.3 Å². The highest BCUT2D eigenvalue weighted by molar-refractivity contribution is 6.34. The molecule has 0 spiro atoms. The number of carbonyl (C=O) groups is 1. The molecule has 15 heavy (non-hydrogen) atoms. The van der Waals surface area contributed by atoms with Crippen molar-refractivity contribution in [2.75, 3.05) is 12.8 Å². The minimum atomic E-state index is -2.81. The van der Waals surface area contributed by atoms with Gasteiger partial charge in [0, 0.05) is 5.56 Å². The smallest absolute Gasteiger partial charge is 0.340 e. The zero-order valence-electron chi connectivity index (χ0n) is 7.76. The van der Waals surface area contributed by atoms with E-state index in [2.05, 4.69) is 4.74 Å². The number of benzene rings is 1. The fourth-order valence-electron chi connectivity index (χ4n) is 1.12. The quantitative estimate of drug-likeness (QED) is 0.633. The number of nitrogens with two attached hydrogens (primary N) is 1. The highest BCUT2D eigenvalue weighted by atomic mass is 35.5. The van der Waals surface area contributed by atoms with E-state index in [4.69, 9.17) is 17.3 Å². The van der Waals surface area contributed by atoms with E-state index in [0.717, 1.165) is 13.2 Å². The molecule has 0 aromatic heterocycles. The minimum absolute atomic E-state index is 0.0415. The van der Waals surface area contributed by atoms with Crippen LogP contribution in [0.4, 0.5) is 14.5 Å². The van der Waals surface area contributed by atoms with Gasteiger partial charge in [0.1, 0.15) is 0 Å². The number of methoxy groups -OCH3 is 1. The third-order valence-corrected chi connectivity index (χ3v) is 2.18. The van der Waals surface area contributed by atoms with Gasteiger partial charge >= 0.3 is 5.97 Å². The lowest BCUT2D eigenvalue weighted by atomic mass is 10.1. The molecule has 82 valence electrons. The topological polar surface area (TPSA) is 52.3 Å². The molecule has 0 unspecified atom stereocenters. The lowest BCUT2D eigenvalue weighted by molar-refractivity contribution is 0.0590. The molecule has 0 saturated heterocycles. The van der Waals surface area contributed by atoms with Crippen LogP contribution in [0.3, 0.4) is 0 Å². The highest BCUT2D eigenvalue weighted by Gasteiger charge is 2.23. The predicted molar refractivity (Wildman–Crippen MR) is 52.2 cm³/mol. The summed E-state index contributed by atoms with van der Waals surface area (Å²) in [6.07, 6.45) is -2.81. The summed E-state index contributed by atoms with van der Waals surface area (Å²) in [6.45, 7) is 0. The molecule has 2 N–H and O–H groups in total. The van der Waals surface area contributed by atoms with Gasteiger partial charge in [0.05, 0.1) is 23.4 Å². The predicted octanol–water partition coefficient (Wildman–Crippen LogP) is 2.65. The van der Waals surface area contributed by atoms with Gasteiger partial charge in [0.2, 0.25) is 0 Å². The molecule has 0 fully saturated rings. The summed E-state index contributed by atoms with van der Waals surface area (Å²) in [6, 6.07) is 2.26. The van der Waals surface area contributed by atoms with E-state index in [1.807, 2.05) is 0 Å². The largest absolute Gasteiger partial charge is 0.465 e. The average molecular weight is 236 g/mol. The van der Waals surface area contributed by atoms with Crippen molar-refractivity contribution in [2.45, 2.75) is 6.43 Å². The second-order valence-corrected chi connectivity index (χ2v) is 3.12. The molecule has 1 aromatic rings. The van der Waals surface area contributed by atoms with E-state index in [1.165, 1.54) is 6.07 Å². The van der Waals surface area contributed by atoms with Gasteiger partial charge < -0.3 is 10.5 Å². The van der Waals surface area contributed by atoms with Crippen LogP contribution in [0.25, 0.3) is 0 Å². The average Bonchev–Trinajstić information content (AvgIpc) is 2.20. The normalized spacial score (nSPS) is 10.5. The number of anilines is 1. The number of hydrogen-bond donors (Lipinski definition) is 1. The molecular formula is C9H8ClF2NO2. The summed E-state index contributed by atoms with van der Waals surface area (Å²) in [5, 5.41) is 0.0415. The standard InChI is InChI=1S/C9H8ClF2NO2/c1-15-9(14)6-4(8(11)12)2-3-5(10)7(6)13/h2-3,8H,13H2,1H3. The Morgan fingerprint density at radius 1 is 1.53 bits per heavy atom. The van der Waals surface area contributed by atoms with Crippen LogP contribution in [0.1, 0.15) is 22.3 Å². The second-order valence-electron chi connectivity index (χ2n) is 2.72. The third-order valence-electron chi connectivity index (χ3n) is 1.85. The molecule has 3 nitrogen and oxygen atoms in total. The van der Waals surface area contributed by atoms with E-state index in [0.29, 0.717) is 0 Å². The van der Waals surface area contributed by atoms with Gasteiger partial charge in [0.25, 0.3) is 6.43 Å². The maximum absolute atomic E-state index is 12.5. The van der Waals surface area contributed by atoms with Crippen LogP contribution in [0.15, 0.2) is 12.1 Å². The van der Waals surface area contributed by atoms with Crippen LogP contribution in [0, 0.1) is 0 Å². The van der Waals surface area contributed by atoms with Crippen LogP contribution in [-0.2, 0) is 4.74 Å². The van der Waals surface area contributed by atoms with Crippen molar-refractivity contribution in [2.24, 2.45) is 0 Å².